The molecule has 1 heterocycles. The van der Waals surface area contributed by atoms with E-state index in [1.54, 1.807) is 62.5 Å². The van der Waals surface area contributed by atoms with E-state index in [2.05, 4.69) is 4.99 Å². The molecule has 7 nitrogen and oxygen atoms in total. The molecule has 1 aliphatic heterocycles. The van der Waals surface area contributed by atoms with Crippen molar-refractivity contribution < 1.29 is 28.2 Å². The summed E-state index contributed by atoms with van der Waals surface area (Å²) in [6.07, 6.45) is 1.78. The van der Waals surface area contributed by atoms with Crippen LogP contribution in [0.15, 0.2) is 76.6 Å². The number of amidine groups is 1. The van der Waals surface area contributed by atoms with Gasteiger partial charge in [0.2, 0.25) is 0 Å². The molecule has 0 aliphatic carbocycles. The predicted octanol–water partition coefficient (Wildman–Crippen LogP) is 6.21. The van der Waals surface area contributed by atoms with Gasteiger partial charge in [-0.2, -0.15) is 0 Å². The van der Waals surface area contributed by atoms with Crippen LogP contribution in [0.1, 0.15) is 35.3 Å². The van der Waals surface area contributed by atoms with E-state index in [1.165, 1.54) is 28.8 Å². The van der Waals surface area contributed by atoms with E-state index in [0.29, 0.717) is 46.0 Å². The van der Waals surface area contributed by atoms with Crippen molar-refractivity contribution in [3.63, 3.8) is 0 Å². The molecule has 0 aromatic heterocycles. The van der Waals surface area contributed by atoms with Crippen LogP contribution in [-0.2, 0) is 16.1 Å². The van der Waals surface area contributed by atoms with Gasteiger partial charge in [-0.05, 0) is 91.3 Å². The second kappa shape index (κ2) is 12.4. The van der Waals surface area contributed by atoms with Crippen molar-refractivity contribution >= 4 is 40.6 Å². The average Bonchev–Trinajstić information content (AvgIpc) is 3.17. The first-order valence-electron chi connectivity index (χ1n) is 12.1. The number of nitrogens with zero attached hydrogens (tertiary/aromatic N) is 2. The predicted molar refractivity (Wildman–Crippen MR) is 146 cm³/mol. The number of hydrogen-bond acceptors (Lipinski definition) is 7. The van der Waals surface area contributed by atoms with Crippen molar-refractivity contribution in [2.24, 2.45) is 4.99 Å². The van der Waals surface area contributed by atoms with Gasteiger partial charge in [-0.1, -0.05) is 18.2 Å². The maximum Gasteiger partial charge on any atom is 0.338 e. The second-order valence-corrected chi connectivity index (χ2v) is 9.20. The van der Waals surface area contributed by atoms with Crippen molar-refractivity contribution in [2.45, 2.75) is 20.5 Å². The smallest absolute Gasteiger partial charge is 0.338 e. The van der Waals surface area contributed by atoms with E-state index in [-0.39, 0.29) is 18.3 Å². The zero-order chi connectivity index (χ0) is 27.1. The Bertz CT molecular complexity index is 1370. The molecule has 38 heavy (non-hydrogen) atoms. The number of thioether (sulfide) groups is 1. The minimum Gasteiger partial charge on any atom is -0.490 e. The summed E-state index contributed by atoms with van der Waals surface area (Å²) >= 11 is 1.26. The minimum atomic E-state index is -0.391. The molecule has 9 heteroatoms. The Hall–Kier alpha value is -4.11. The van der Waals surface area contributed by atoms with E-state index in [4.69, 9.17) is 14.2 Å². The van der Waals surface area contributed by atoms with Crippen LogP contribution in [-0.4, -0.2) is 42.2 Å². The lowest BCUT2D eigenvalue weighted by atomic mass is 10.1. The summed E-state index contributed by atoms with van der Waals surface area (Å²) in [5.74, 6) is 0.230. The number of benzene rings is 3. The summed E-state index contributed by atoms with van der Waals surface area (Å²) in [5, 5.41) is 0.523. The Morgan fingerprint density at radius 1 is 0.974 bits per heavy atom. The molecule has 3 aromatic rings. The lowest BCUT2D eigenvalue weighted by Gasteiger charge is -2.13. The molecular formula is C29H27FN2O5S. The van der Waals surface area contributed by atoms with Crippen LogP contribution in [0.4, 0.5) is 10.1 Å². The van der Waals surface area contributed by atoms with Crippen molar-refractivity contribution in [3.05, 3.63) is 94.1 Å². The van der Waals surface area contributed by atoms with E-state index < -0.39 is 5.97 Å². The summed E-state index contributed by atoms with van der Waals surface area (Å²) in [6.45, 7) is 4.64. The molecule has 1 amide bonds. The van der Waals surface area contributed by atoms with Gasteiger partial charge in [0.15, 0.2) is 16.7 Å². The first-order chi connectivity index (χ1) is 18.4. The summed E-state index contributed by atoms with van der Waals surface area (Å²) in [6, 6.07) is 18.3. The summed E-state index contributed by atoms with van der Waals surface area (Å²) in [5.41, 5.74) is 2.66. The van der Waals surface area contributed by atoms with Crippen molar-refractivity contribution in [3.8, 4) is 11.5 Å². The Balaban J connectivity index is 1.50. The highest BCUT2D eigenvalue weighted by molar-refractivity contribution is 8.18. The van der Waals surface area contributed by atoms with Crippen LogP contribution in [0, 0.1) is 5.82 Å². The third kappa shape index (κ3) is 6.60. The molecule has 0 radical (unpaired) electrons. The lowest BCUT2D eigenvalue weighted by molar-refractivity contribution is -0.121. The van der Waals surface area contributed by atoms with Crippen LogP contribution < -0.4 is 9.47 Å². The van der Waals surface area contributed by atoms with Gasteiger partial charge in [0.05, 0.1) is 29.4 Å². The van der Waals surface area contributed by atoms with E-state index in [9.17, 15) is 14.0 Å². The van der Waals surface area contributed by atoms with Crippen LogP contribution in [0.3, 0.4) is 0 Å². The number of hydrogen-bond donors (Lipinski definition) is 0. The molecule has 0 atom stereocenters. The molecular weight excluding hydrogens is 507 g/mol. The standard InChI is InChI=1S/C29H27FN2O5S/c1-4-35-25-16-20(8-15-24(25)37-18-19-6-11-22(30)12-7-19)17-26-27(33)32(3)29(38-26)31-23-13-9-21(10-14-23)28(34)36-5-2/h6-17H,4-5,18H2,1-3H3/b26-17-,31-29?. The molecule has 0 N–H and O–H groups in total. The van der Waals surface area contributed by atoms with Crippen molar-refractivity contribution in [1.29, 1.82) is 0 Å². The van der Waals surface area contributed by atoms with Crippen molar-refractivity contribution in [1.82, 2.24) is 4.90 Å². The largest absolute Gasteiger partial charge is 0.490 e. The fourth-order valence-electron chi connectivity index (χ4n) is 3.54. The molecule has 0 unspecified atom stereocenters. The lowest BCUT2D eigenvalue weighted by Crippen LogP contribution is -2.23. The van der Waals surface area contributed by atoms with Crippen LogP contribution in [0.2, 0.25) is 0 Å². The normalized spacial score (nSPS) is 15.3. The van der Waals surface area contributed by atoms with Gasteiger partial charge in [0, 0.05) is 7.05 Å². The number of rotatable bonds is 9. The molecule has 4 rings (SSSR count). The molecule has 196 valence electrons. The molecule has 0 bridgehead atoms. The Labute approximate surface area is 224 Å². The number of ether oxygens (including phenoxy) is 3. The maximum atomic E-state index is 13.2. The fourth-order valence-corrected chi connectivity index (χ4v) is 4.53. The number of halogens is 1. The zero-order valence-electron chi connectivity index (χ0n) is 21.3. The van der Waals surface area contributed by atoms with Crippen LogP contribution in [0.25, 0.3) is 6.08 Å². The van der Waals surface area contributed by atoms with Gasteiger partial charge >= 0.3 is 5.97 Å². The van der Waals surface area contributed by atoms with Gasteiger partial charge in [-0.25, -0.2) is 14.2 Å². The highest BCUT2D eigenvalue weighted by atomic mass is 32.2. The zero-order valence-corrected chi connectivity index (χ0v) is 22.1. The van der Waals surface area contributed by atoms with E-state index in [0.717, 1.165) is 11.1 Å². The third-order valence-electron chi connectivity index (χ3n) is 5.48. The molecule has 3 aromatic carbocycles. The average molecular weight is 535 g/mol. The van der Waals surface area contributed by atoms with E-state index >= 15 is 0 Å². The SMILES string of the molecule is CCOC(=O)c1ccc(N=C2S/C(=C\c3ccc(OCc4ccc(F)cc4)c(OCC)c3)C(=O)N2C)cc1. The Kier molecular flexibility index (Phi) is 8.81. The number of carbonyl (C=O) groups is 2. The number of amides is 1. The Morgan fingerprint density at radius 2 is 1.71 bits per heavy atom. The molecule has 1 saturated heterocycles. The van der Waals surface area contributed by atoms with E-state index in [1.807, 2.05) is 19.1 Å². The highest BCUT2D eigenvalue weighted by Gasteiger charge is 2.30. The highest BCUT2D eigenvalue weighted by Crippen LogP contribution is 2.35. The fraction of sp³-hybridized carbons (Fsp3) is 0.207. The second-order valence-electron chi connectivity index (χ2n) is 8.19. The van der Waals surface area contributed by atoms with Crippen molar-refractivity contribution in [2.75, 3.05) is 20.3 Å². The third-order valence-corrected chi connectivity index (χ3v) is 6.54. The molecule has 0 saturated carbocycles. The monoisotopic (exact) mass is 534 g/mol. The van der Waals surface area contributed by atoms with Gasteiger partial charge in [0.25, 0.3) is 5.91 Å². The molecule has 1 fully saturated rings. The first kappa shape index (κ1) is 26.9. The Morgan fingerprint density at radius 3 is 2.39 bits per heavy atom. The van der Waals surface area contributed by atoms with Gasteiger partial charge in [0.1, 0.15) is 12.4 Å². The summed E-state index contributed by atoms with van der Waals surface area (Å²) in [4.78, 5) is 31.3. The number of aliphatic imine (C=N–C) groups is 1. The summed E-state index contributed by atoms with van der Waals surface area (Å²) in [7, 11) is 1.67. The minimum absolute atomic E-state index is 0.175. The number of carbonyl (C=O) groups excluding carboxylic acids is 2. The van der Waals surface area contributed by atoms with Gasteiger partial charge in [-0.15, -0.1) is 0 Å². The van der Waals surface area contributed by atoms with Gasteiger partial charge < -0.3 is 14.2 Å². The maximum absolute atomic E-state index is 13.2. The number of likely N-dealkylation sites (N-methyl/N-ethyl adjacent to an activating group) is 1. The first-order valence-corrected chi connectivity index (χ1v) is 12.9. The van der Waals surface area contributed by atoms with Crippen LogP contribution >= 0.6 is 11.8 Å². The quantitative estimate of drug-likeness (QED) is 0.240. The topological polar surface area (TPSA) is 77.4 Å². The molecule has 1 aliphatic rings. The number of esters is 1. The van der Waals surface area contributed by atoms with Crippen LogP contribution in [0.5, 0.6) is 11.5 Å². The molecule has 0 spiro atoms. The summed E-state index contributed by atoms with van der Waals surface area (Å²) < 4.78 is 29.8. The van der Waals surface area contributed by atoms with Gasteiger partial charge in [-0.3, -0.25) is 9.69 Å².